The quantitative estimate of drug-likeness (QED) is 0.404. The molecule has 3 unspecified atom stereocenters. The number of thiophene rings is 1. The molecule has 2 saturated carbocycles. The van der Waals surface area contributed by atoms with Crippen molar-refractivity contribution in [3.05, 3.63) is 21.4 Å². The maximum Gasteiger partial charge on any atom is 0.220 e. The first-order chi connectivity index (χ1) is 15.7. The molecule has 0 spiro atoms. The minimum absolute atomic E-state index is 0.0385. The molecule has 4 nitrogen and oxygen atoms in total. The van der Waals surface area contributed by atoms with Crippen LogP contribution in [0, 0.1) is 23.2 Å². The molecule has 4 atom stereocenters. The zero-order chi connectivity index (χ0) is 23.6. The smallest absolute Gasteiger partial charge is 0.220 e. The number of aryl methyl sites for hydroxylation is 1. The number of nitrogens with one attached hydrogen (secondary N) is 1. The molecule has 2 bridgehead atoms. The molecule has 0 radical (unpaired) electrons. The van der Waals surface area contributed by atoms with E-state index in [9.17, 15) is 14.7 Å². The molecule has 1 heterocycles. The van der Waals surface area contributed by atoms with Gasteiger partial charge < -0.3 is 10.4 Å². The Balaban J connectivity index is 1.24. The van der Waals surface area contributed by atoms with Crippen molar-refractivity contribution in [2.75, 3.05) is 6.61 Å². The number of rotatable bonds is 10. The highest BCUT2D eigenvalue weighted by molar-refractivity contribution is 7.10. The first kappa shape index (κ1) is 24.9. The second kappa shape index (κ2) is 10.2. The van der Waals surface area contributed by atoms with Crippen molar-refractivity contribution in [1.29, 1.82) is 0 Å². The number of aliphatic hydroxyl groups is 1. The summed E-state index contributed by atoms with van der Waals surface area (Å²) >= 11 is 1.80. The van der Waals surface area contributed by atoms with Crippen molar-refractivity contribution in [3.8, 4) is 0 Å². The minimum atomic E-state index is -0.541. The van der Waals surface area contributed by atoms with Gasteiger partial charge in [-0.05, 0) is 113 Å². The normalized spacial score (nSPS) is 29.0. The Hall–Kier alpha value is -1.20. The van der Waals surface area contributed by atoms with E-state index in [0.717, 1.165) is 49.5 Å². The van der Waals surface area contributed by atoms with Crippen molar-refractivity contribution in [1.82, 2.24) is 5.32 Å². The summed E-state index contributed by atoms with van der Waals surface area (Å²) in [7, 11) is 0. The summed E-state index contributed by atoms with van der Waals surface area (Å²) in [6.07, 6.45) is 14.2. The van der Waals surface area contributed by atoms with Crippen LogP contribution in [-0.2, 0) is 17.6 Å². The lowest BCUT2D eigenvalue weighted by molar-refractivity contribution is -0.123. The number of carbonyl (C=O) groups is 2. The van der Waals surface area contributed by atoms with Crippen LogP contribution in [0.3, 0.4) is 0 Å². The number of aliphatic hydroxyl groups excluding tert-OH is 1. The zero-order valence-corrected chi connectivity index (χ0v) is 21.7. The molecule has 184 valence electrons. The maximum atomic E-state index is 12.9. The van der Waals surface area contributed by atoms with Crippen LogP contribution in [0.4, 0.5) is 0 Å². The average molecular weight is 474 g/mol. The maximum absolute atomic E-state index is 12.9. The van der Waals surface area contributed by atoms with Gasteiger partial charge in [0.25, 0.3) is 0 Å². The highest BCUT2D eigenvalue weighted by Crippen LogP contribution is 2.56. The first-order valence-electron chi connectivity index (χ1n) is 13.2. The highest BCUT2D eigenvalue weighted by Gasteiger charge is 2.46. The Morgan fingerprint density at radius 3 is 2.55 bits per heavy atom. The molecular formula is C28H43NO3S. The molecule has 0 saturated heterocycles. The standard InChI is InChI=1S/C28H43NO3S/c1-27(2,18-30)29-26(32)13-12-21-19-10-11-20(21)16-28(3,15-19)14-6-8-24(31)23-17-33-25-9-5-4-7-22(23)25/h17,19-21,30H,4-16,18H2,1-3H3,(H,29,32)/t19-,20?,21?,28?/m1/s1. The average Bonchev–Trinajstić information content (AvgIpc) is 3.31. The summed E-state index contributed by atoms with van der Waals surface area (Å²) in [5.41, 5.74) is 2.21. The van der Waals surface area contributed by atoms with Crippen molar-refractivity contribution in [2.45, 2.75) is 110 Å². The Labute approximate surface area is 203 Å². The predicted molar refractivity (Wildman–Crippen MR) is 135 cm³/mol. The number of ketones is 1. The summed E-state index contributed by atoms with van der Waals surface area (Å²) in [6.45, 7) is 6.13. The van der Waals surface area contributed by atoms with Gasteiger partial charge >= 0.3 is 0 Å². The van der Waals surface area contributed by atoms with Crippen LogP contribution in [-0.4, -0.2) is 28.9 Å². The first-order valence-corrected chi connectivity index (χ1v) is 14.1. The van der Waals surface area contributed by atoms with E-state index in [1.165, 1.54) is 49.0 Å². The van der Waals surface area contributed by atoms with E-state index in [2.05, 4.69) is 17.6 Å². The Morgan fingerprint density at radius 1 is 1.15 bits per heavy atom. The third kappa shape index (κ3) is 5.90. The number of carbonyl (C=O) groups excluding carboxylic acids is 2. The van der Waals surface area contributed by atoms with Gasteiger partial charge in [-0.3, -0.25) is 9.59 Å². The van der Waals surface area contributed by atoms with Gasteiger partial charge in [-0.2, -0.15) is 0 Å². The molecule has 0 aliphatic heterocycles. The number of hydrogen-bond acceptors (Lipinski definition) is 4. The minimum Gasteiger partial charge on any atom is -0.394 e. The van der Waals surface area contributed by atoms with Crippen molar-refractivity contribution >= 4 is 23.0 Å². The van der Waals surface area contributed by atoms with Crippen molar-refractivity contribution in [3.63, 3.8) is 0 Å². The van der Waals surface area contributed by atoms with Gasteiger partial charge in [0.15, 0.2) is 5.78 Å². The van der Waals surface area contributed by atoms with Crippen LogP contribution in [0.1, 0.15) is 112 Å². The summed E-state index contributed by atoms with van der Waals surface area (Å²) in [4.78, 5) is 26.8. The monoisotopic (exact) mass is 473 g/mol. The van der Waals surface area contributed by atoms with E-state index < -0.39 is 5.54 Å². The SMILES string of the molecule is CC1(CCCC(=O)c2csc3c2CCCC3)CC2CC[C@H](C1)C2CCC(=O)NC(C)(C)CO. The Morgan fingerprint density at radius 2 is 1.85 bits per heavy atom. The largest absolute Gasteiger partial charge is 0.394 e. The number of fused-ring (bicyclic) bond motifs is 3. The van der Waals surface area contributed by atoms with Crippen LogP contribution >= 0.6 is 11.3 Å². The molecule has 33 heavy (non-hydrogen) atoms. The molecule has 5 heteroatoms. The Bertz CT molecular complexity index is 843. The molecule has 3 aliphatic carbocycles. The fraction of sp³-hybridized carbons (Fsp3) is 0.786. The van der Waals surface area contributed by atoms with Gasteiger partial charge in [0.1, 0.15) is 0 Å². The molecule has 2 N–H and O–H groups in total. The van der Waals surface area contributed by atoms with Gasteiger partial charge in [-0.1, -0.05) is 6.92 Å². The third-order valence-corrected chi connectivity index (χ3v) is 9.84. The van der Waals surface area contributed by atoms with Gasteiger partial charge in [-0.15, -0.1) is 11.3 Å². The van der Waals surface area contributed by atoms with Gasteiger partial charge in [0.2, 0.25) is 5.91 Å². The van der Waals surface area contributed by atoms with E-state index >= 15 is 0 Å². The number of hydrogen-bond donors (Lipinski definition) is 2. The van der Waals surface area contributed by atoms with E-state index in [4.69, 9.17) is 0 Å². The van der Waals surface area contributed by atoms with Crippen LogP contribution in [0.15, 0.2) is 5.38 Å². The highest BCUT2D eigenvalue weighted by atomic mass is 32.1. The molecule has 4 rings (SSSR count). The van der Waals surface area contributed by atoms with E-state index in [0.29, 0.717) is 30.0 Å². The second-order valence-corrected chi connectivity index (χ2v) is 13.1. The van der Waals surface area contributed by atoms with E-state index in [1.807, 2.05) is 13.8 Å². The lowest BCUT2D eigenvalue weighted by Crippen LogP contribution is -2.46. The molecule has 1 aromatic rings. The van der Waals surface area contributed by atoms with Gasteiger partial charge in [0, 0.05) is 28.7 Å². The predicted octanol–water partition coefficient (Wildman–Crippen LogP) is 6.09. The third-order valence-electron chi connectivity index (χ3n) is 8.75. The van der Waals surface area contributed by atoms with E-state index in [-0.39, 0.29) is 12.5 Å². The molecule has 2 fully saturated rings. The summed E-state index contributed by atoms with van der Waals surface area (Å²) < 4.78 is 0. The lowest BCUT2D eigenvalue weighted by Gasteiger charge is -2.43. The molecular weight excluding hydrogens is 430 g/mol. The zero-order valence-electron chi connectivity index (χ0n) is 20.9. The van der Waals surface area contributed by atoms with Crippen LogP contribution < -0.4 is 5.32 Å². The van der Waals surface area contributed by atoms with E-state index in [1.54, 1.807) is 11.3 Å². The topological polar surface area (TPSA) is 66.4 Å². The molecule has 0 aromatic carbocycles. The summed E-state index contributed by atoms with van der Waals surface area (Å²) in [5, 5.41) is 14.5. The number of Topliss-reactive ketones (excluding diaryl/α,β-unsaturated/α-hetero) is 1. The fourth-order valence-electron chi connectivity index (χ4n) is 7.09. The fourth-order valence-corrected chi connectivity index (χ4v) is 8.24. The Kier molecular flexibility index (Phi) is 7.69. The van der Waals surface area contributed by atoms with Crippen molar-refractivity contribution in [2.24, 2.45) is 23.2 Å². The van der Waals surface area contributed by atoms with Crippen molar-refractivity contribution < 1.29 is 14.7 Å². The van der Waals surface area contributed by atoms with Crippen LogP contribution in [0.25, 0.3) is 0 Å². The number of amides is 1. The summed E-state index contributed by atoms with van der Waals surface area (Å²) in [5.74, 6) is 2.56. The van der Waals surface area contributed by atoms with Gasteiger partial charge in [0.05, 0.1) is 12.1 Å². The lowest BCUT2D eigenvalue weighted by atomic mass is 9.62. The van der Waals surface area contributed by atoms with Crippen LogP contribution in [0.5, 0.6) is 0 Å². The molecule has 1 aromatic heterocycles. The molecule has 3 aliphatic rings. The van der Waals surface area contributed by atoms with Crippen LogP contribution in [0.2, 0.25) is 0 Å². The van der Waals surface area contributed by atoms with Gasteiger partial charge in [-0.25, -0.2) is 0 Å². The summed E-state index contributed by atoms with van der Waals surface area (Å²) in [6, 6.07) is 0. The molecule has 1 amide bonds. The second-order valence-electron chi connectivity index (χ2n) is 12.1.